The molecule has 8 heteroatoms. The number of aliphatic imine (C=N–C) groups is 1. The van der Waals surface area contributed by atoms with E-state index in [2.05, 4.69) is 15.6 Å². The number of nitrogens with zero attached hydrogens (tertiary/aromatic N) is 2. The van der Waals surface area contributed by atoms with Crippen molar-refractivity contribution in [1.29, 1.82) is 0 Å². The number of hydrogen-bond acceptors (Lipinski definition) is 4. The fraction of sp³-hybridized carbons (Fsp3) is 0.571. The first kappa shape index (κ1) is 17.1. The zero-order chi connectivity index (χ0) is 16.1. The van der Waals surface area contributed by atoms with Gasteiger partial charge in [-0.1, -0.05) is 11.6 Å². The van der Waals surface area contributed by atoms with Crippen molar-refractivity contribution in [3.63, 3.8) is 0 Å². The summed E-state index contributed by atoms with van der Waals surface area (Å²) in [6.45, 7) is 1.00. The minimum Gasteiger partial charge on any atom is -0.386 e. The summed E-state index contributed by atoms with van der Waals surface area (Å²) in [6, 6.07) is 3.76. The molecule has 1 aliphatic rings. The lowest BCUT2D eigenvalue weighted by Gasteiger charge is -2.31. The third-order valence-corrected chi connectivity index (χ3v) is 4.91. The number of nitrogens with one attached hydrogen (secondary N) is 2. The first-order chi connectivity index (χ1) is 10.5. The van der Waals surface area contributed by atoms with Crippen LogP contribution in [0.3, 0.4) is 0 Å². The van der Waals surface area contributed by atoms with E-state index in [0.717, 1.165) is 11.3 Å². The number of likely N-dealkylation sites (N-methyl/N-ethyl adjacent to an activating group) is 1. The van der Waals surface area contributed by atoms with Gasteiger partial charge in [0.05, 0.1) is 4.34 Å². The maximum Gasteiger partial charge on any atom is 0.222 e. The largest absolute Gasteiger partial charge is 0.386 e. The number of carbonyl (C=O) groups is 1. The van der Waals surface area contributed by atoms with Gasteiger partial charge < -0.3 is 20.6 Å². The highest BCUT2D eigenvalue weighted by atomic mass is 35.5. The van der Waals surface area contributed by atoms with Gasteiger partial charge in [0.1, 0.15) is 6.10 Å². The Kier molecular flexibility index (Phi) is 6.05. The van der Waals surface area contributed by atoms with Crippen molar-refractivity contribution < 1.29 is 9.90 Å². The van der Waals surface area contributed by atoms with Gasteiger partial charge in [-0.05, 0) is 18.6 Å². The number of guanidine groups is 1. The van der Waals surface area contributed by atoms with Crippen LogP contribution in [0.1, 0.15) is 23.8 Å². The number of rotatable bonds is 4. The third-order valence-electron chi connectivity index (χ3n) is 3.58. The summed E-state index contributed by atoms with van der Waals surface area (Å²) >= 11 is 7.23. The second-order valence-corrected chi connectivity index (χ2v) is 7.01. The molecule has 6 nitrogen and oxygen atoms in total. The lowest BCUT2D eigenvalue weighted by Crippen LogP contribution is -2.52. The molecule has 1 amide bonds. The molecule has 1 fully saturated rings. The minimum absolute atomic E-state index is 0.169. The predicted octanol–water partition coefficient (Wildman–Crippen LogP) is 1.22. The van der Waals surface area contributed by atoms with Crippen LogP contribution in [0.15, 0.2) is 17.1 Å². The number of carbonyl (C=O) groups excluding carboxylic acids is 1. The summed E-state index contributed by atoms with van der Waals surface area (Å²) < 4.78 is 0.659. The lowest BCUT2D eigenvalue weighted by atomic mass is 10.1. The van der Waals surface area contributed by atoms with Crippen LogP contribution in [0, 0.1) is 0 Å². The Morgan fingerprint density at radius 2 is 2.41 bits per heavy atom. The SMILES string of the molecule is CN=C(NCC(O)c1ccc(Cl)s1)NC1CCC(=O)N(C)C1. The van der Waals surface area contributed by atoms with Gasteiger partial charge in [-0.2, -0.15) is 0 Å². The molecule has 0 aliphatic carbocycles. The Hall–Kier alpha value is -1.31. The van der Waals surface area contributed by atoms with E-state index in [0.29, 0.717) is 29.8 Å². The number of amides is 1. The molecule has 3 N–H and O–H groups in total. The molecule has 0 spiro atoms. The summed E-state index contributed by atoms with van der Waals surface area (Å²) in [7, 11) is 3.48. The number of aliphatic hydroxyl groups excluding tert-OH is 1. The van der Waals surface area contributed by atoms with Crippen LogP contribution in [0.2, 0.25) is 4.34 Å². The highest BCUT2D eigenvalue weighted by molar-refractivity contribution is 7.16. The second-order valence-electron chi connectivity index (χ2n) is 5.26. The molecule has 0 radical (unpaired) electrons. The van der Waals surface area contributed by atoms with E-state index < -0.39 is 6.10 Å². The van der Waals surface area contributed by atoms with Crippen molar-refractivity contribution >= 4 is 34.8 Å². The molecule has 1 aromatic rings. The van der Waals surface area contributed by atoms with Gasteiger partial charge in [0.25, 0.3) is 0 Å². The van der Waals surface area contributed by atoms with Crippen molar-refractivity contribution in [3.05, 3.63) is 21.3 Å². The number of hydrogen-bond donors (Lipinski definition) is 3. The number of aliphatic hydroxyl groups is 1. The van der Waals surface area contributed by atoms with E-state index in [-0.39, 0.29) is 11.9 Å². The van der Waals surface area contributed by atoms with Gasteiger partial charge in [-0.25, -0.2) is 0 Å². The molecule has 0 saturated carbocycles. The summed E-state index contributed by atoms with van der Waals surface area (Å²) in [5.41, 5.74) is 0. The maximum absolute atomic E-state index is 11.5. The molecule has 2 unspecified atom stereocenters. The smallest absolute Gasteiger partial charge is 0.222 e. The van der Waals surface area contributed by atoms with Gasteiger partial charge in [0, 0.05) is 44.5 Å². The maximum atomic E-state index is 11.5. The molecule has 1 saturated heterocycles. The molecule has 2 rings (SSSR count). The van der Waals surface area contributed by atoms with E-state index in [4.69, 9.17) is 11.6 Å². The fourth-order valence-corrected chi connectivity index (χ4v) is 3.37. The van der Waals surface area contributed by atoms with Gasteiger partial charge >= 0.3 is 0 Å². The number of halogens is 1. The quantitative estimate of drug-likeness (QED) is 0.567. The summed E-state index contributed by atoms with van der Waals surface area (Å²) in [5.74, 6) is 0.792. The normalized spacial score (nSPS) is 20.9. The second kappa shape index (κ2) is 7.80. The first-order valence-corrected chi connectivity index (χ1v) is 8.33. The van der Waals surface area contributed by atoms with Crippen LogP contribution in [0.4, 0.5) is 0 Å². The third kappa shape index (κ3) is 4.59. The average molecular weight is 345 g/mol. The van der Waals surface area contributed by atoms with Gasteiger partial charge in [0.2, 0.25) is 5.91 Å². The van der Waals surface area contributed by atoms with E-state index in [1.165, 1.54) is 11.3 Å². The molecule has 1 aliphatic heterocycles. The highest BCUT2D eigenvalue weighted by Gasteiger charge is 2.23. The Balaban J connectivity index is 1.81. The molecule has 2 heterocycles. The topological polar surface area (TPSA) is 77.0 Å². The number of likely N-dealkylation sites (tertiary alicyclic amines) is 1. The van der Waals surface area contributed by atoms with Gasteiger partial charge in [-0.3, -0.25) is 9.79 Å². The van der Waals surface area contributed by atoms with E-state index in [9.17, 15) is 9.90 Å². The molecule has 1 aromatic heterocycles. The first-order valence-electron chi connectivity index (χ1n) is 7.14. The van der Waals surface area contributed by atoms with Crippen LogP contribution in [-0.4, -0.2) is 55.1 Å². The highest BCUT2D eigenvalue weighted by Crippen LogP contribution is 2.26. The van der Waals surface area contributed by atoms with Gasteiger partial charge in [-0.15, -0.1) is 11.3 Å². The molecule has 22 heavy (non-hydrogen) atoms. The predicted molar refractivity (Wildman–Crippen MR) is 89.4 cm³/mol. The lowest BCUT2D eigenvalue weighted by molar-refractivity contribution is -0.132. The molecule has 0 aromatic carbocycles. The Labute approximate surface area is 139 Å². The van der Waals surface area contributed by atoms with Crippen LogP contribution in [0.5, 0.6) is 0 Å². The Morgan fingerprint density at radius 3 is 3.00 bits per heavy atom. The minimum atomic E-state index is -0.633. The molecular formula is C14H21ClN4O2S. The fourth-order valence-electron chi connectivity index (χ4n) is 2.32. The standard InChI is InChI=1S/C14H21ClN4O2S/c1-16-14(18-9-3-6-13(21)19(2)8-9)17-7-10(20)11-4-5-12(15)22-11/h4-5,9-10,20H,3,6-8H2,1-2H3,(H2,16,17,18). The zero-order valence-electron chi connectivity index (χ0n) is 12.7. The van der Waals surface area contributed by atoms with E-state index in [1.54, 1.807) is 25.1 Å². The Bertz CT molecular complexity index is 549. The van der Waals surface area contributed by atoms with Crippen molar-refractivity contribution in [3.8, 4) is 0 Å². The van der Waals surface area contributed by atoms with Crippen molar-refractivity contribution in [2.24, 2.45) is 4.99 Å². The van der Waals surface area contributed by atoms with Crippen LogP contribution >= 0.6 is 22.9 Å². The van der Waals surface area contributed by atoms with Crippen LogP contribution in [-0.2, 0) is 4.79 Å². The van der Waals surface area contributed by atoms with Crippen molar-refractivity contribution in [1.82, 2.24) is 15.5 Å². The van der Waals surface area contributed by atoms with E-state index in [1.807, 2.05) is 6.07 Å². The van der Waals surface area contributed by atoms with Crippen molar-refractivity contribution in [2.75, 3.05) is 27.2 Å². The number of piperidine rings is 1. The Morgan fingerprint density at radius 1 is 1.64 bits per heavy atom. The summed E-state index contributed by atoms with van der Waals surface area (Å²) in [5, 5.41) is 16.5. The van der Waals surface area contributed by atoms with E-state index >= 15 is 0 Å². The zero-order valence-corrected chi connectivity index (χ0v) is 14.2. The average Bonchev–Trinajstić information content (AvgIpc) is 2.93. The number of thiophene rings is 1. The van der Waals surface area contributed by atoms with Crippen molar-refractivity contribution in [2.45, 2.75) is 25.0 Å². The molecule has 0 bridgehead atoms. The molecule has 2 atom stereocenters. The summed E-state index contributed by atoms with van der Waals surface area (Å²) in [6.07, 6.45) is 0.695. The monoisotopic (exact) mass is 344 g/mol. The molecule has 122 valence electrons. The summed E-state index contributed by atoms with van der Waals surface area (Å²) in [4.78, 5) is 18.2. The van der Waals surface area contributed by atoms with Crippen LogP contribution in [0.25, 0.3) is 0 Å². The van der Waals surface area contributed by atoms with Crippen LogP contribution < -0.4 is 10.6 Å². The molecular weight excluding hydrogens is 324 g/mol. The van der Waals surface area contributed by atoms with Gasteiger partial charge in [0.15, 0.2) is 5.96 Å².